The standard InChI is InChI=1S/C36H48N2O8/c1-23-14-13-17-27-20-28(39)21-30(34(27)42)38-32(40)22-29(45-4)18-11-6-5-7-12-19-31(24(2)33(23)41)46-36(44)25(3)37-35(43)26-15-9-8-10-16-26/h5-7,11-12,14,18,20-21,24-26,29,31,33,41H,8-10,13,15-17,19,22H2,1-4H3,(H,37,43)(H,38,40)/b6-5+,12-7+,18-11+,23-14-/t24-,25-,29+,31+,33-/m1/s1. The largest absolute Gasteiger partial charge is 0.460 e. The molecule has 0 unspecified atom stereocenters. The zero-order chi connectivity index (χ0) is 33.6. The van der Waals surface area contributed by atoms with Gasteiger partial charge in [0.2, 0.25) is 17.6 Å². The average molecular weight is 637 g/mol. The first-order valence-corrected chi connectivity index (χ1v) is 16.2. The van der Waals surface area contributed by atoms with Gasteiger partial charge in [-0.25, -0.2) is 4.79 Å². The number of ketones is 2. The first-order valence-electron chi connectivity index (χ1n) is 16.2. The number of aliphatic hydroxyl groups excluding tert-OH is 1. The predicted molar refractivity (Wildman–Crippen MR) is 174 cm³/mol. The van der Waals surface area contributed by atoms with Crippen molar-refractivity contribution in [2.75, 3.05) is 7.11 Å². The van der Waals surface area contributed by atoms with Crippen molar-refractivity contribution in [3.05, 3.63) is 71.5 Å². The Morgan fingerprint density at radius 1 is 1.04 bits per heavy atom. The fraction of sp³-hybridized carbons (Fsp3) is 0.528. The quantitative estimate of drug-likeness (QED) is 0.230. The summed E-state index contributed by atoms with van der Waals surface area (Å²) in [6.07, 6.45) is 18.1. The highest BCUT2D eigenvalue weighted by atomic mass is 16.5. The second-order valence-corrected chi connectivity index (χ2v) is 12.3. The van der Waals surface area contributed by atoms with Crippen molar-refractivity contribution in [1.29, 1.82) is 0 Å². The van der Waals surface area contributed by atoms with Gasteiger partial charge in [-0.2, -0.15) is 0 Å². The monoisotopic (exact) mass is 636 g/mol. The van der Waals surface area contributed by atoms with Gasteiger partial charge in [0.25, 0.3) is 0 Å². The molecule has 0 aromatic heterocycles. The molecule has 0 spiro atoms. The second-order valence-electron chi connectivity index (χ2n) is 12.3. The minimum atomic E-state index is -0.968. The number of rotatable bonds is 5. The number of nitrogens with one attached hydrogen (secondary N) is 2. The van der Waals surface area contributed by atoms with Crippen LogP contribution in [0.2, 0.25) is 0 Å². The van der Waals surface area contributed by atoms with E-state index in [1.54, 1.807) is 57.2 Å². The SMILES string of the molecule is CO[C@H]1/C=C/C=C/C=C/C[C@H](OC(=O)[C@@H](C)NC(=O)C2CCCCC2)[C@@H](C)[C@H](O)/C(C)=C\CCC2=CC(=O)C=C(NC(=O)C1)C2=O. The van der Waals surface area contributed by atoms with Gasteiger partial charge in [0.05, 0.1) is 24.3 Å². The van der Waals surface area contributed by atoms with E-state index in [1.165, 1.54) is 13.2 Å². The Labute approximate surface area is 271 Å². The highest BCUT2D eigenvalue weighted by Gasteiger charge is 2.31. The number of Topliss-reactive ketones (excluding diaryl/α,β-unsaturated/α-hetero) is 1. The number of esters is 1. The maximum absolute atomic E-state index is 13.1. The molecular weight excluding hydrogens is 588 g/mol. The molecule has 0 radical (unpaired) electrons. The minimum Gasteiger partial charge on any atom is -0.460 e. The second kappa shape index (κ2) is 18.3. The van der Waals surface area contributed by atoms with Crippen LogP contribution in [0.15, 0.2) is 71.5 Å². The minimum absolute atomic E-state index is 0.0567. The summed E-state index contributed by atoms with van der Waals surface area (Å²) >= 11 is 0. The van der Waals surface area contributed by atoms with E-state index in [0.29, 0.717) is 18.4 Å². The summed E-state index contributed by atoms with van der Waals surface area (Å²) in [6.45, 7) is 5.16. The summed E-state index contributed by atoms with van der Waals surface area (Å²) in [4.78, 5) is 63.8. The van der Waals surface area contributed by atoms with Crippen LogP contribution in [0.3, 0.4) is 0 Å². The number of allylic oxidation sites excluding steroid dienone is 8. The lowest BCUT2D eigenvalue weighted by Gasteiger charge is -2.29. The Morgan fingerprint density at radius 2 is 1.76 bits per heavy atom. The van der Waals surface area contributed by atoms with E-state index in [-0.39, 0.29) is 35.9 Å². The highest BCUT2D eigenvalue weighted by Crippen LogP contribution is 2.25. The topological polar surface area (TPSA) is 148 Å². The Morgan fingerprint density at radius 3 is 2.48 bits per heavy atom. The predicted octanol–water partition coefficient (Wildman–Crippen LogP) is 4.26. The lowest BCUT2D eigenvalue weighted by molar-refractivity contribution is -0.156. The third-order valence-electron chi connectivity index (χ3n) is 8.65. The van der Waals surface area contributed by atoms with Crippen molar-refractivity contribution in [3.8, 4) is 0 Å². The summed E-state index contributed by atoms with van der Waals surface area (Å²) in [5.41, 5.74) is 0.803. The third kappa shape index (κ3) is 11.2. The van der Waals surface area contributed by atoms with Crippen molar-refractivity contribution < 1.29 is 38.6 Å². The van der Waals surface area contributed by atoms with Gasteiger partial charge in [0, 0.05) is 37.0 Å². The molecule has 0 aromatic rings. The lowest BCUT2D eigenvalue weighted by atomic mass is 9.88. The average Bonchev–Trinajstić information content (AvgIpc) is 3.04. The number of hydrogen-bond acceptors (Lipinski definition) is 8. The van der Waals surface area contributed by atoms with E-state index < -0.39 is 53.7 Å². The fourth-order valence-electron chi connectivity index (χ4n) is 5.73. The van der Waals surface area contributed by atoms with Gasteiger partial charge >= 0.3 is 5.97 Å². The van der Waals surface area contributed by atoms with Gasteiger partial charge in [0.15, 0.2) is 5.78 Å². The molecule has 46 heavy (non-hydrogen) atoms. The summed E-state index contributed by atoms with van der Waals surface area (Å²) in [5, 5.41) is 16.6. The molecule has 2 amide bonds. The molecule has 1 fully saturated rings. The molecule has 0 saturated heterocycles. The number of hydrogen-bond donors (Lipinski definition) is 3. The van der Waals surface area contributed by atoms with Crippen LogP contribution in [0.1, 0.15) is 78.6 Å². The molecule has 0 aromatic carbocycles. The summed E-state index contributed by atoms with van der Waals surface area (Å²) < 4.78 is 11.3. The van der Waals surface area contributed by atoms with Gasteiger partial charge in [0.1, 0.15) is 12.1 Å². The van der Waals surface area contributed by atoms with Crippen LogP contribution in [0.5, 0.6) is 0 Å². The first-order chi connectivity index (χ1) is 22.0. The number of methoxy groups -OCH3 is 1. The number of ether oxygens (including phenoxy) is 2. The third-order valence-corrected chi connectivity index (χ3v) is 8.65. The van der Waals surface area contributed by atoms with Crippen molar-refractivity contribution in [2.45, 2.75) is 103 Å². The molecule has 2 aliphatic carbocycles. The number of aliphatic hydroxyl groups is 1. The van der Waals surface area contributed by atoms with Crippen molar-refractivity contribution >= 4 is 29.4 Å². The van der Waals surface area contributed by atoms with Crippen LogP contribution in [-0.4, -0.2) is 65.9 Å². The van der Waals surface area contributed by atoms with E-state index in [4.69, 9.17) is 9.47 Å². The van der Waals surface area contributed by atoms with E-state index in [2.05, 4.69) is 10.6 Å². The summed E-state index contributed by atoms with van der Waals surface area (Å²) in [6, 6.07) is -0.840. The molecule has 1 heterocycles. The molecule has 250 valence electrons. The Balaban J connectivity index is 1.79. The van der Waals surface area contributed by atoms with Gasteiger partial charge in [-0.05, 0) is 51.2 Å². The van der Waals surface area contributed by atoms with E-state index >= 15 is 0 Å². The van der Waals surface area contributed by atoms with Crippen molar-refractivity contribution in [3.63, 3.8) is 0 Å². The van der Waals surface area contributed by atoms with Gasteiger partial charge in [-0.15, -0.1) is 0 Å². The van der Waals surface area contributed by atoms with Crippen LogP contribution < -0.4 is 10.6 Å². The zero-order valence-corrected chi connectivity index (χ0v) is 27.3. The normalized spacial score (nSPS) is 29.8. The maximum Gasteiger partial charge on any atom is 0.328 e. The van der Waals surface area contributed by atoms with Crippen LogP contribution in [0, 0.1) is 11.8 Å². The lowest BCUT2D eigenvalue weighted by Crippen LogP contribution is -2.45. The molecule has 10 heteroatoms. The maximum atomic E-state index is 13.1. The zero-order valence-electron chi connectivity index (χ0n) is 27.3. The summed E-state index contributed by atoms with van der Waals surface area (Å²) in [5.74, 6) is -2.59. The van der Waals surface area contributed by atoms with Crippen LogP contribution in [0.4, 0.5) is 0 Å². The van der Waals surface area contributed by atoms with Gasteiger partial charge < -0.3 is 25.2 Å². The Bertz CT molecular complexity index is 1310. The number of amides is 2. The van der Waals surface area contributed by atoms with Crippen LogP contribution in [-0.2, 0) is 33.4 Å². The molecule has 5 atom stereocenters. The Hall–Kier alpha value is -3.89. The molecule has 3 rings (SSSR count). The first kappa shape index (κ1) is 36.6. The number of carbonyl (C=O) groups excluding carboxylic acids is 5. The molecule has 3 aliphatic rings. The molecule has 1 aliphatic heterocycles. The molecule has 1 saturated carbocycles. The molecule has 2 bridgehead atoms. The van der Waals surface area contributed by atoms with Gasteiger partial charge in [-0.3, -0.25) is 19.2 Å². The smallest absolute Gasteiger partial charge is 0.328 e. The highest BCUT2D eigenvalue weighted by molar-refractivity contribution is 6.21. The number of carbonyl (C=O) groups is 5. The molecule has 10 nitrogen and oxygen atoms in total. The van der Waals surface area contributed by atoms with E-state index in [9.17, 15) is 29.1 Å². The molecule has 3 N–H and O–H groups in total. The van der Waals surface area contributed by atoms with E-state index in [1.807, 2.05) is 6.08 Å². The Kier molecular flexibility index (Phi) is 14.6. The van der Waals surface area contributed by atoms with Crippen LogP contribution >= 0.6 is 0 Å². The van der Waals surface area contributed by atoms with E-state index in [0.717, 1.165) is 38.2 Å². The van der Waals surface area contributed by atoms with Crippen molar-refractivity contribution in [2.24, 2.45) is 11.8 Å². The summed E-state index contributed by atoms with van der Waals surface area (Å²) in [7, 11) is 1.47. The number of fused-ring (bicyclic) bond motifs is 2. The molecular formula is C36H48N2O8. The van der Waals surface area contributed by atoms with Crippen LogP contribution in [0.25, 0.3) is 0 Å². The van der Waals surface area contributed by atoms with Crippen molar-refractivity contribution in [1.82, 2.24) is 10.6 Å². The fourth-order valence-corrected chi connectivity index (χ4v) is 5.73. The van der Waals surface area contributed by atoms with Gasteiger partial charge in [-0.1, -0.05) is 68.7 Å².